The zero-order chi connectivity index (χ0) is 13.0. The number of hydrogen-bond acceptors (Lipinski definition) is 2. The Morgan fingerprint density at radius 3 is 2.61 bits per heavy atom. The van der Waals surface area contributed by atoms with E-state index in [1.807, 2.05) is 7.05 Å². The lowest BCUT2D eigenvalue weighted by atomic mass is 9.98. The Morgan fingerprint density at radius 1 is 1.11 bits per heavy atom. The van der Waals surface area contributed by atoms with Crippen molar-refractivity contribution in [3.8, 4) is 0 Å². The van der Waals surface area contributed by atoms with Gasteiger partial charge in [-0.05, 0) is 55.8 Å². The first-order valence-corrected chi connectivity index (χ1v) is 6.61. The maximum atomic E-state index is 6.23. The zero-order valence-corrected chi connectivity index (χ0v) is 11.2. The van der Waals surface area contributed by atoms with Crippen molar-refractivity contribution in [1.82, 2.24) is 5.32 Å². The van der Waals surface area contributed by atoms with Gasteiger partial charge in [0.15, 0.2) is 0 Å². The number of aryl methyl sites for hydroxylation is 1. The minimum Gasteiger partial charge on any atom is -0.324 e. The van der Waals surface area contributed by atoms with Crippen molar-refractivity contribution in [1.29, 1.82) is 0 Å². The Kier molecular flexibility index (Phi) is 4.34. The molecule has 2 aromatic rings. The van der Waals surface area contributed by atoms with Gasteiger partial charge < -0.3 is 11.1 Å². The van der Waals surface area contributed by atoms with Crippen LogP contribution in [-0.4, -0.2) is 13.6 Å². The van der Waals surface area contributed by atoms with Crippen molar-refractivity contribution >= 4 is 10.8 Å². The molecule has 0 aliphatic carbocycles. The predicted molar refractivity (Wildman–Crippen MR) is 78.8 cm³/mol. The zero-order valence-electron chi connectivity index (χ0n) is 11.2. The fourth-order valence-electron chi connectivity index (χ4n) is 2.28. The van der Waals surface area contributed by atoms with Crippen LogP contribution in [0.25, 0.3) is 10.8 Å². The monoisotopic (exact) mass is 242 g/mol. The Labute approximate surface area is 109 Å². The van der Waals surface area contributed by atoms with Crippen molar-refractivity contribution in [2.45, 2.75) is 25.8 Å². The van der Waals surface area contributed by atoms with Crippen molar-refractivity contribution in [3.63, 3.8) is 0 Å². The summed E-state index contributed by atoms with van der Waals surface area (Å²) in [5, 5.41) is 5.73. The molecule has 0 aliphatic heterocycles. The third-order valence-corrected chi connectivity index (χ3v) is 3.39. The molecule has 0 spiro atoms. The second-order valence-corrected chi connectivity index (χ2v) is 4.96. The third kappa shape index (κ3) is 3.09. The molecule has 18 heavy (non-hydrogen) atoms. The molecule has 96 valence electrons. The smallest absolute Gasteiger partial charge is 0.0295 e. The maximum Gasteiger partial charge on any atom is 0.0295 e. The molecule has 0 saturated carbocycles. The van der Waals surface area contributed by atoms with E-state index >= 15 is 0 Å². The molecule has 2 aromatic carbocycles. The van der Waals surface area contributed by atoms with E-state index in [0.29, 0.717) is 0 Å². The minimum atomic E-state index is 0.143. The average Bonchev–Trinajstić information content (AvgIpc) is 2.38. The first-order valence-electron chi connectivity index (χ1n) is 6.61. The van der Waals surface area contributed by atoms with Gasteiger partial charge in [0.1, 0.15) is 0 Å². The summed E-state index contributed by atoms with van der Waals surface area (Å²) in [6.07, 6.45) is 2.14. The van der Waals surface area contributed by atoms with Crippen LogP contribution in [0.15, 0.2) is 36.4 Å². The second kappa shape index (κ2) is 5.98. The Hall–Kier alpha value is -1.38. The molecule has 0 saturated heterocycles. The van der Waals surface area contributed by atoms with Crippen LogP contribution in [0.3, 0.4) is 0 Å². The van der Waals surface area contributed by atoms with Gasteiger partial charge in [-0.1, -0.05) is 35.9 Å². The van der Waals surface area contributed by atoms with E-state index in [4.69, 9.17) is 5.73 Å². The van der Waals surface area contributed by atoms with Gasteiger partial charge in [0.2, 0.25) is 0 Å². The predicted octanol–water partition coefficient (Wildman–Crippen LogP) is 3.15. The molecule has 0 aromatic heterocycles. The third-order valence-electron chi connectivity index (χ3n) is 3.39. The molecule has 0 aliphatic rings. The SMILES string of the molecule is CNCCCC(N)c1ccc2cc(C)ccc2c1. The number of nitrogens with one attached hydrogen (secondary N) is 1. The Morgan fingerprint density at radius 2 is 1.83 bits per heavy atom. The molecule has 1 atom stereocenters. The molecule has 0 amide bonds. The maximum absolute atomic E-state index is 6.23. The minimum absolute atomic E-state index is 0.143. The van der Waals surface area contributed by atoms with Crippen molar-refractivity contribution in [2.24, 2.45) is 5.73 Å². The highest BCUT2D eigenvalue weighted by Gasteiger charge is 2.06. The fourth-order valence-corrected chi connectivity index (χ4v) is 2.28. The lowest BCUT2D eigenvalue weighted by Crippen LogP contribution is -2.14. The summed E-state index contributed by atoms with van der Waals surface area (Å²) < 4.78 is 0. The molecule has 1 unspecified atom stereocenters. The van der Waals surface area contributed by atoms with E-state index in [-0.39, 0.29) is 6.04 Å². The lowest BCUT2D eigenvalue weighted by molar-refractivity contribution is 0.591. The Bertz CT molecular complexity index is 519. The van der Waals surface area contributed by atoms with Crippen molar-refractivity contribution < 1.29 is 0 Å². The van der Waals surface area contributed by atoms with Gasteiger partial charge in [0, 0.05) is 6.04 Å². The van der Waals surface area contributed by atoms with Gasteiger partial charge >= 0.3 is 0 Å². The Balaban J connectivity index is 2.16. The van der Waals surface area contributed by atoms with Crippen LogP contribution in [0.1, 0.15) is 30.0 Å². The van der Waals surface area contributed by atoms with Crippen LogP contribution in [0.5, 0.6) is 0 Å². The number of nitrogens with two attached hydrogens (primary N) is 1. The van der Waals surface area contributed by atoms with Gasteiger partial charge in [0.05, 0.1) is 0 Å². The molecule has 0 heterocycles. The van der Waals surface area contributed by atoms with E-state index in [9.17, 15) is 0 Å². The van der Waals surface area contributed by atoms with Crippen LogP contribution in [0, 0.1) is 6.92 Å². The molecule has 3 N–H and O–H groups in total. The van der Waals surface area contributed by atoms with E-state index < -0.39 is 0 Å². The highest BCUT2D eigenvalue weighted by molar-refractivity contribution is 5.83. The van der Waals surface area contributed by atoms with Gasteiger partial charge in [-0.3, -0.25) is 0 Å². The highest BCUT2D eigenvalue weighted by atomic mass is 14.8. The largest absolute Gasteiger partial charge is 0.324 e. The van der Waals surface area contributed by atoms with Crippen LogP contribution >= 0.6 is 0 Å². The molecular formula is C16H22N2. The summed E-state index contributed by atoms with van der Waals surface area (Å²) in [7, 11) is 1.98. The summed E-state index contributed by atoms with van der Waals surface area (Å²) in [4.78, 5) is 0. The molecule has 2 nitrogen and oxygen atoms in total. The number of fused-ring (bicyclic) bond motifs is 1. The number of hydrogen-bond donors (Lipinski definition) is 2. The molecule has 2 rings (SSSR count). The lowest BCUT2D eigenvalue weighted by Gasteiger charge is -2.13. The van der Waals surface area contributed by atoms with E-state index in [2.05, 4.69) is 48.6 Å². The van der Waals surface area contributed by atoms with Crippen LogP contribution in [-0.2, 0) is 0 Å². The van der Waals surface area contributed by atoms with Gasteiger partial charge in [-0.25, -0.2) is 0 Å². The van der Waals surface area contributed by atoms with Crippen molar-refractivity contribution in [3.05, 3.63) is 47.5 Å². The first kappa shape index (κ1) is 13.1. The van der Waals surface area contributed by atoms with Crippen molar-refractivity contribution in [2.75, 3.05) is 13.6 Å². The number of benzene rings is 2. The summed E-state index contributed by atoms with van der Waals surface area (Å²) in [6, 6.07) is 13.2. The number of rotatable bonds is 5. The van der Waals surface area contributed by atoms with E-state index in [0.717, 1.165) is 19.4 Å². The van der Waals surface area contributed by atoms with Gasteiger partial charge in [-0.15, -0.1) is 0 Å². The summed E-state index contributed by atoms with van der Waals surface area (Å²) in [6.45, 7) is 3.15. The first-order chi connectivity index (χ1) is 8.70. The quantitative estimate of drug-likeness (QED) is 0.790. The van der Waals surface area contributed by atoms with E-state index in [1.54, 1.807) is 0 Å². The molecule has 2 heteroatoms. The summed E-state index contributed by atoms with van der Waals surface area (Å²) in [5.41, 5.74) is 8.77. The normalized spacial score (nSPS) is 12.8. The fraction of sp³-hybridized carbons (Fsp3) is 0.375. The van der Waals surface area contributed by atoms with Gasteiger partial charge in [0.25, 0.3) is 0 Å². The molecule has 0 fully saturated rings. The summed E-state index contributed by atoms with van der Waals surface area (Å²) >= 11 is 0. The van der Waals surface area contributed by atoms with Crippen LogP contribution in [0.2, 0.25) is 0 Å². The average molecular weight is 242 g/mol. The van der Waals surface area contributed by atoms with E-state index in [1.165, 1.54) is 21.9 Å². The molecule has 0 bridgehead atoms. The topological polar surface area (TPSA) is 38.0 Å². The van der Waals surface area contributed by atoms with Gasteiger partial charge in [-0.2, -0.15) is 0 Å². The highest BCUT2D eigenvalue weighted by Crippen LogP contribution is 2.22. The van der Waals surface area contributed by atoms with Crippen LogP contribution in [0.4, 0.5) is 0 Å². The molecule has 0 radical (unpaired) electrons. The second-order valence-electron chi connectivity index (χ2n) is 4.96. The molecular weight excluding hydrogens is 220 g/mol. The summed E-state index contributed by atoms with van der Waals surface area (Å²) in [5.74, 6) is 0. The standard InChI is InChI=1S/C16H22N2/c1-12-5-6-14-11-15(8-7-13(14)10-12)16(17)4-3-9-18-2/h5-8,10-11,16,18H,3-4,9,17H2,1-2H3. The van der Waals surface area contributed by atoms with Crippen LogP contribution < -0.4 is 11.1 Å².